The number of carbonyl (C=O) groups is 2. The van der Waals surface area contributed by atoms with Gasteiger partial charge in [-0.25, -0.2) is 14.4 Å². The molecule has 0 spiro atoms. The molecule has 0 bridgehead atoms. The Labute approximate surface area is 344 Å². The van der Waals surface area contributed by atoms with Crippen molar-refractivity contribution in [2.45, 2.75) is 84.8 Å². The number of benzene rings is 2. The van der Waals surface area contributed by atoms with Crippen LogP contribution in [0.1, 0.15) is 91.3 Å². The largest absolute Gasteiger partial charge is 0.383 e. The van der Waals surface area contributed by atoms with Crippen LogP contribution in [0.2, 0.25) is 0 Å². The summed E-state index contributed by atoms with van der Waals surface area (Å²) >= 11 is 0. The topological polar surface area (TPSA) is 191 Å². The van der Waals surface area contributed by atoms with Crippen molar-refractivity contribution in [3.8, 4) is 12.1 Å². The van der Waals surface area contributed by atoms with Gasteiger partial charge >= 0.3 is 6.07 Å². The number of rotatable bonds is 8. The Morgan fingerprint density at radius 2 is 1.42 bits per heavy atom. The summed E-state index contributed by atoms with van der Waals surface area (Å²) in [6.45, 7) is 7.60. The number of hydrogen-bond donors (Lipinski definition) is 2. The molecule has 4 N–H and O–H groups in total. The third-order valence-electron chi connectivity index (χ3n) is 11.4. The molecule has 60 heavy (non-hydrogen) atoms. The Bertz CT molecular complexity index is 2870. The van der Waals surface area contributed by atoms with Gasteiger partial charge in [0.05, 0.1) is 79.5 Å². The summed E-state index contributed by atoms with van der Waals surface area (Å²) in [4.78, 5) is 54.3. The predicted octanol–water partition coefficient (Wildman–Crippen LogP) is 6.33. The molecular formula is C45H40FN10O4+. The lowest BCUT2D eigenvalue weighted by Crippen LogP contribution is -2.37. The van der Waals surface area contributed by atoms with E-state index in [0.29, 0.717) is 71.0 Å². The van der Waals surface area contributed by atoms with Crippen molar-refractivity contribution >= 4 is 45.3 Å². The molecule has 1 fully saturated rings. The first-order chi connectivity index (χ1) is 29.0. The Morgan fingerprint density at radius 1 is 0.833 bits per heavy atom. The van der Waals surface area contributed by atoms with Gasteiger partial charge in [0.1, 0.15) is 35.1 Å². The molecule has 6 heterocycles. The summed E-state index contributed by atoms with van der Waals surface area (Å²) in [5.74, 6) is -0.629. The van der Waals surface area contributed by atoms with E-state index in [0.717, 1.165) is 38.7 Å². The summed E-state index contributed by atoms with van der Waals surface area (Å²) in [5, 5.41) is 10.8. The number of nitrogens with zero attached hydrogens (tertiary/aromatic N) is 8. The van der Waals surface area contributed by atoms with E-state index in [1.54, 1.807) is 28.1 Å². The number of aromatic nitrogens is 4. The van der Waals surface area contributed by atoms with Crippen LogP contribution in [-0.4, -0.2) is 59.7 Å². The van der Waals surface area contributed by atoms with Gasteiger partial charge in [-0.3, -0.25) is 19.6 Å². The van der Waals surface area contributed by atoms with Crippen LogP contribution < -0.4 is 11.5 Å². The molecule has 1 aliphatic carbocycles. The van der Waals surface area contributed by atoms with Crippen LogP contribution in [0.4, 0.5) is 16.0 Å². The highest BCUT2D eigenvalue weighted by Crippen LogP contribution is 2.37. The lowest BCUT2D eigenvalue weighted by Gasteiger charge is -2.27. The van der Waals surface area contributed by atoms with E-state index in [-0.39, 0.29) is 55.1 Å². The Kier molecular flexibility index (Phi) is 9.78. The molecule has 1 saturated carbocycles. The molecule has 15 heteroatoms. The second kappa shape index (κ2) is 15.3. The number of ether oxygens (including phenoxy) is 2. The molecular weight excluding hydrogens is 764 g/mol. The highest BCUT2D eigenvalue weighted by molar-refractivity contribution is 6.01. The minimum Gasteiger partial charge on any atom is -0.383 e. The average molecular weight is 804 g/mol. The average Bonchev–Trinajstić information content (AvgIpc) is 3.55. The van der Waals surface area contributed by atoms with Crippen LogP contribution >= 0.6 is 0 Å². The highest BCUT2D eigenvalue weighted by atomic mass is 19.1. The molecule has 2 amide bonds. The summed E-state index contributed by atoms with van der Waals surface area (Å²) in [7, 11) is 0. The normalized spacial score (nSPS) is 16.3. The van der Waals surface area contributed by atoms with Crippen molar-refractivity contribution in [3.63, 3.8) is 0 Å². The first-order valence-corrected chi connectivity index (χ1v) is 19.6. The number of nitrogen functional groups attached to an aromatic ring is 2. The maximum Gasteiger partial charge on any atom is 0.313 e. The maximum atomic E-state index is 15.7. The fourth-order valence-electron chi connectivity index (χ4n) is 7.96. The fraction of sp³-hybridized carbons (Fsp3) is 0.289. The van der Waals surface area contributed by atoms with Gasteiger partial charge in [-0.2, -0.15) is 5.26 Å². The number of anilines is 2. The molecule has 300 valence electrons. The molecule has 3 aliphatic rings. The Hall–Kier alpha value is -7.07. The van der Waals surface area contributed by atoms with Crippen LogP contribution in [-0.2, 0) is 49.0 Å². The number of pyridine rings is 4. The van der Waals surface area contributed by atoms with E-state index in [1.165, 1.54) is 18.3 Å². The summed E-state index contributed by atoms with van der Waals surface area (Å²) < 4.78 is 27.0. The number of fused-ring (bicyclic) bond motifs is 6. The van der Waals surface area contributed by atoms with Gasteiger partial charge < -0.3 is 30.7 Å². The second-order valence-electron chi connectivity index (χ2n) is 15.7. The molecule has 2 atom stereocenters. The molecule has 14 nitrogen and oxygen atoms in total. The van der Waals surface area contributed by atoms with Crippen LogP contribution in [0, 0.1) is 30.1 Å². The monoisotopic (exact) mass is 803 g/mol. The van der Waals surface area contributed by atoms with Crippen LogP contribution in [0.3, 0.4) is 0 Å². The summed E-state index contributed by atoms with van der Waals surface area (Å²) in [5.41, 5.74) is 20.3. The minimum atomic E-state index is -0.721. The standard InChI is InChI=1S/C45H39FN10O4/c1-23(2)55(44(57)29-9-30-33-19-59-21-35(33)42(48)53-38(30)8-24(29)3)17-27-7-5-26(15-51-27)16-52-40-12-41(40)56(18-28-6-4-25(13-47)14-50-28)45(58)32-10-31-34-20-60-22-36(34)43(49)54-39(31)11-37(32)46/h4-11,14-15,23,40-41H,12,17-22H2,1-3H3,(H3-,48,49,53,54,57,58)/p+1. The van der Waals surface area contributed by atoms with E-state index >= 15 is 4.39 Å². The van der Waals surface area contributed by atoms with E-state index in [1.807, 2.05) is 45.0 Å². The number of carbonyl (C=O) groups excluding carboxylic acids is 2. The quantitative estimate of drug-likeness (QED) is 0.175. The van der Waals surface area contributed by atoms with Crippen LogP contribution in [0.15, 0.2) is 60.9 Å². The summed E-state index contributed by atoms with van der Waals surface area (Å²) in [6, 6.07) is 17.9. The molecule has 0 saturated heterocycles. The van der Waals surface area contributed by atoms with Gasteiger partial charge in [0.25, 0.3) is 17.9 Å². The van der Waals surface area contributed by atoms with Crippen molar-refractivity contribution < 1.29 is 23.5 Å². The van der Waals surface area contributed by atoms with E-state index in [2.05, 4.69) is 36.9 Å². The Balaban J connectivity index is 0.933. The number of hydrogen-bond acceptors (Lipinski definition) is 11. The number of amides is 2. The van der Waals surface area contributed by atoms with Crippen molar-refractivity contribution in [2.24, 2.45) is 0 Å². The van der Waals surface area contributed by atoms with Gasteiger partial charge in [0.15, 0.2) is 0 Å². The van der Waals surface area contributed by atoms with Crippen molar-refractivity contribution in [1.82, 2.24) is 29.7 Å². The number of halogens is 1. The highest BCUT2D eigenvalue weighted by Gasteiger charge is 2.53. The predicted molar refractivity (Wildman–Crippen MR) is 221 cm³/mol. The van der Waals surface area contributed by atoms with E-state index in [9.17, 15) is 14.9 Å². The SMILES string of the molecule is Cc1cc2nc(N)c3c(c2cc1C(=O)N(Cc1ccc(C#[N+]C2CC2N(Cc2ccc(C#N)cn2)C(=O)c2cc4c5c(c(N)nc4cc2F)COC5)cn1)C(C)C)COC3. The number of aryl methyl sites for hydroxylation is 1. The molecule has 9 rings (SSSR count). The third-order valence-corrected chi connectivity index (χ3v) is 11.4. The van der Waals surface area contributed by atoms with Crippen molar-refractivity contribution in [2.75, 3.05) is 11.5 Å². The minimum absolute atomic E-state index is 0.0715. The summed E-state index contributed by atoms with van der Waals surface area (Å²) in [6.07, 6.45) is 3.61. The molecule has 4 aromatic heterocycles. The zero-order chi connectivity index (χ0) is 41.8. The third kappa shape index (κ3) is 7.08. The van der Waals surface area contributed by atoms with Crippen LogP contribution in [0.25, 0.3) is 26.7 Å². The van der Waals surface area contributed by atoms with Gasteiger partial charge in [0.2, 0.25) is 0 Å². The molecule has 6 aromatic rings. The van der Waals surface area contributed by atoms with Crippen molar-refractivity contribution in [3.05, 3.63) is 133 Å². The van der Waals surface area contributed by atoms with Gasteiger partial charge in [-0.05, 0) is 79.9 Å². The lowest BCUT2D eigenvalue weighted by atomic mass is 9.98. The molecule has 2 unspecified atom stereocenters. The van der Waals surface area contributed by atoms with E-state index < -0.39 is 11.7 Å². The second-order valence-corrected chi connectivity index (χ2v) is 15.7. The zero-order valence-corrected chi connectivity index (χ0v) is 33.2. The Morgan fingerprint density at radius 3 is 2.02 bits per heavy atom. The fourth-order valence-corrected chi connectivity index (χ4v) is 7.96. The number of nitrogens with two attached hydrogens (primary N) is 2. The first kappa shape index (κ1) is 38.4. The van der Waals surface area contributed by atoms with Gasteiger partial charge in [0, 0.05) is 52.0 Å². The van der Waals surface area contributed by atoms with Crippen molar-refractivity contribution in [1.29, 1.82) is 5.26 Å². The molecule has 2 aromatic carbocycles. The zero-order valence-electron chi connectivity index (χ0n) is 33.2. The smallest absolute Gasteiger partial charge is 0.313 e. The van der Waals surface area contributed by atoms with Crippen LogP contribution in [0.5, 0.6) is 0 Å². The lowest BCUT2D eigenvalue weighted by molar-refractivity contribution is 0.0685. The van der Waals surface area contributed by atoms with E-state index in [4.69, 9.17) is 20.9 Å². The van der Waals surface area contributed by atoms with Gasteiger partial charge in [-0.1, -0.05) is 4.85 Å². The van der Waals surface area contributed by atoms with Gasteiger partial charge in [-0.15, -0.1) is 0 Å². The molecule has 2 aliphatic heterocycles. The number of nitriles is 1. The maximum absolute atomic E-state index is 15.7. The molecule has 0 radical (unpaired) electrons. The first-order valence-electron chi connectivity index (χ1n) is 19.6.